The zero-order valence-corrected chi connectivity index (χ0v) is 10.5. The van der Waals surface area contributed by atoms with Crippen LogP contribution in [0.5, 0.6) is 11.5 Å². The lowest BCUT2D eigenvalue weighted by Crippen LogP contribution is -2.12. The summed E-state index contributed by atoms with van der Waals surface area (Å²) < 4.78 is 11.0. The molecule has 0 heterocycles. The zero-order chi connectivity index (χ0) is 12.7. The van der Waals surface area contributed by atoms with Gasteiger partial charge in [-0.25, -0.2) is 0 Å². The molecule has 0 bridgehead atoms. The molecule has 4 heteroatoms. The van der Waals surface area contributed by atoms with E-state index in [1.165, 1.54) is 0 Å². The SMILES string of the molecule is CCOc1ccc(NC(C)C#N)cc1OCC. The molecule has 0 radical (unpaired) electrons. The molecule has 0 spiro atoms. The van der Waals surface area contributed by atoms with Crippen molar-refractivity contribution < 1.29 is 9.47 Å². The van der Waals surface area contributed by atoms with Crippen LogP contribution in [0.25, 0.3) is 0 Å². The normalized spacial score (nSPS) is 11.4. The van der Waals surface area contributed by atoms with Crippen LogP contribution in [-0.4, -0.2) is 19.3 Å². The first-order chi connectivity index (χ1) is 8.21. The minimum absolute atomic E-state index is 0.234. The van der Waals surface area contributed by atoms with Crippen LogP contribution in [0.3, 0.4) is 0 Å². The quantitative estimate of drug-likeness (QED) is 0.822. The monoisotopic (exact) mass is 234 g/mol. The number of hydrogen-bond donors (Lipinski definition) is 1. The van der Waals surface area contributed by atoms with Crippen LogP contribution in [0, 0.1) is 11.3 Å². The van der Waals surface area contributed by atoms with Gasteiger partial charge >= 0.3 is 0 Å². The molecule has 0 aliphatic rings. The number of benzene rings is 1. The molecule has 0 amide bonds. The van der Waals surface area contributed by atoms with Crippen molar-refractivity contribution >= 4 is 5.69 Å². The number of rotatable bonds is 6. The van der Waals surface area contributed by atoms with Crippen molar-refractivity contribution in [3.8, 4) is 17.6 Å². The summed E-state index contributed by atoms with van der Waals surface area (Å²) >= 11 is 0. The van der Waals surface area contributed by atoms with Crippen molar-refractivity contribution in [1.82, 2.24) is 0 Å². The summed E-state index contributed by atoms with van der Waals surface area (Å²) in [6, 6.07) is 7.46. The molecular weight excluding hydrogens is 216 g/mol. The van der Waals surface area contributed by atoms with Crippen molar-refractivity contribution in [2.45, 2.75) is 26.8 Å². The van der Waals surface area contributed by atoms with Gasteiger partial charge in [0.25, 0.3) is 0 Å². The molecule has 0 fully saturated rings. The highest BCUT2D eigenvalue weighted by Gasteiger charge is 2.07. The lowest BCUT2D eigenvalue weighted by molar-refractivity contribution is 0.288. The van der Waals surface area contributed by atoms with Gasteiger partial charge in [0.05, 0.1) is 19.3 Å². The van der Waals surface area contributed by atoms with E-state index in [0.717, 1.165) is 11.4 Å². The number of hydrogen-bond acceptors (Lipinski definition) is 4. The fourth-order valence-electron chi connectivity index (χ4n) is 1.42. The second-order valence-corrected chi connectivity index (χ2v) is 3.52. The van der Waals surface area contributed by atoms with E-state index in [2.05, 4.69) is 11.4 Å². The maximum atomic E-state index is 8.74. The molecule has 0 aliphatic heterocycles. The lowest BCUT2D eigenvalue weighted by Gasteiger charge is -2.14. The Hall–Kier alpha value is -1.89. The second kappa shape index (κ2) is 6.64. The van der Waals surface area contributed by atoms with E-state index >= 15 is 0 Å². The highest BCUT2D eigenvalue weighted by molar-refractivity contribution is 5.55. The van der Waals surface area contributed by atoms with Crippen LogP contribution in [0.2, 0.25) is 0 Å². The van der Waals surface area contributed by atoms with Crippen molar-refractivity contribution in [2.75, 3.05) is 18.5 Å². The Balaban J connectivity index is 2.89. The maximum absolute atomic E-state index is 8.74. The van der Waals surface area contributed by atoms with Crippen LogP contribution < -0.4 is 14.8 Å². The topological polar surface area (TPSA) is 54.3 Å². The van der Waals surface area contributed by atoms with Crippen LogP contribution in [0.1, 0.15) is 20.8 Å². The highest BCUT2D eigenvalue weighted by atomic mass is 16.5. The maximum Gasteiger partial charge on any atom is 0.163 e. The summed E-state index contributed by atoms with van der Waals surface area (Å²) in [7, 11) is 0. The summed E-state index contributed by atoms with van der Waals surface area (Å²) in [6.07, 6.45) is 0. The molecule has 1 N–H and O–H groups in total. The van der Waals surface area contributed by atoms with Gasteiger partial charge in [-0.05, 0) is 32.9 Å². The number of anilines is 1. The molecule has 92 valence electrons. The zero-order valence-electron chi connectivity index (χ0n) is 10.5. The summed E-state index contributed by atoms with van der Waals surface area (Å²) in [4.78, 5) is 0. The minimum Gasteiger partial charge on any atom is -0.490 e. The largest absolute Gasteiger partial charge is 0.490 e. The van der Waals surface area contributed by atoms with Crippen molar-refractivity contribution in [2.24, 2.45) is 0 Å². The molecule has 0 saturated heterocycles. The molecule has 0 aliphatic carbocycles. The van der Waals surface area contributed by atoms with Gasteiger partial charge in [-0.3, -0.25) is 0 Å². The van der Waals surface area contributed by atoms with Crippen molar-refractivity contribution in [3.05, 3.63) is 18.2 Å². The molecule has 1 aromatic carbocycles. The molecular formula is C13H18N2O2. The first-order valence-electron chi connectivity index (χ1n) is 5.77. The Morgan fingerprint density at radius 2 is 1.88 bits per heavy atom. The molecule has 1 atom stereocenters. The average Bonchev–Trinajstić information content (AvgIpc) is 2.33. The van der Waals surface area contributed by atoms with Crippen LogP contribution >= 0.6 is 0 Å². The second-order valence-electron chi connectivity index (χ2n) is 3.52. The van der Waals surface area contributed by atoms with Crippen molar-refractivity contribution in [1.29, 1.82) is 5.26 Å². The molecule has 17 heavy (non-hydrogen) atoms. The first kappa shape index (κ1) is 13.2. The van der Waals surface area contributed by atoms with Crippen LogP contribution in [0.4, 0.5) is 5.69 Å². The fraction of sp³-hybridized carbons (Fsp3) is 0.462. The van der Waals surface area contributed by atoms with Gasteiger partial charge in [-0.1, -0.05) is 0 Å². The molecule has 1 rings (SSSR count). The third-order valence-corrected chi connectivity index (χ3v) is 2.12. The van der Waals surface area contributed by atoms with Gasteiger partial charge in [0.1, 0.15) is 6.04 Å². The summed E-state index contributed by atoms with van der Waals surface area (Å²) in [6.45, 7) is 6.84. The first-order valence-corrected chi connectivity index (χ1v) is 5.77. The number of ether oxygens (including phenoxy) is 2. The third-order valence-electron chi connectivity index (χ3n) is 2.12. The Morgan fingerprint density at radius 3 is 2.47 bits per heavy atom. The highest BCUT2D eigenvalue weighted by Crippen LogP contribution is 2.30. The molecule has 0 saturated carbocycles. The Morgan fingerprint density at radius 1 is 1.24 bits per heavy atom. The van der Waals surface area contributed by atoms with Crippen molar-refractivity contribution in [3.63, 3.8) is 0 Å². The van der Waals surface area contributed by atoms with Crippen LogP contribution in [-0.2, 0) is 0 Å². The third kappa shape index (κ3) is 3.87. The molecule has 0 aromatic heterocycles. The Kier molecular flexibility index (Phi) is 5.15. The van der Waals surface area contributed by atoms with E-state index in [-0.39, 0.29) is 6.04 Å². The van der Waals surface area contributed by atoms with Gasteiger partial charge in [-0.15, -0.1) is 0 Å². The molecule has 4 nitrogen and oxygen atoms in total. The van der Waals surface area contributed by atoms with E-state index in [4.69, 9.17) is 14.7 Å². The number of nitriles is 1. The van der Waals surface area contributed by atoms with Gasteiger partial charge in [0.15, 0.2) is 11.5 Å². The molecule has 1 unspecified atom stereocenters. The van der Waals surface area contributed by atoms with E-state index in [1.807, 2.05) is 32.0 Å². The summed E-state index contributed by atoms with van der Waals surface area (Å²) in [5.41, 5.74) is 0.853. The molecule has 1 aromatic rings. The van der Waals surface area contributed by atoms with Gasteiger partial charge < -0.3 is 14.8 Å². The average molecular weight is 234 g/mol. The minimum atomic E-state index is -0.234. The number of nitrogens with one attached hydrogen (secondary N) is 1. The van der Waals surface area contributed by atoms with E-state index in [1.54, 1.807) is 6.92 Å². The fourth-order valence-corrected chi connectivity index (χ4v) is 1.42. The standard InChI is InChI=1S/C13H18N2O2/c1-4-16-12-7-6-11(15-10(3)9-14)8-13(12)17-5-2/h6-8,10,15H,4-5H2,1-3H3. The Bertz CT molecular complexity index is 399. The van der Waals surface area contributed by atoms with E-state index in [0.29, 0.717) is 19.0 Å². The van der Waals surface area contributed by atoms with E-state index in [9.17, 15) is 0 Å². The lowest BCUT2D eigenvalue weighted by atomic mass is 10.2. The van der Waals surface area contributed by atoms with Gasteiger partial charge in [0.2, 0.25) is 0 Å². The van der Waals surface area contributed by atoms with Gasteiger partial charge in [0, 0.05) is 11.8 Å². The number of nitrogens with zero attached hydrogens (tertiary/aromatic N) is 1. The predicted octanol–water partition coefficient (Wildman–Crippen LogP) is 2.81. The summed E-state index contributed by atoms with van der Waals surface area (Å²) in [5.74, 6) is 1.43. The summed E-state index contributed by atoms with van der Waals surface area (Å²) in [5, 5.41) is 11.8. The van der Waals surface area contributed by atoms with Crippen LogP contribution in [0.15, 0.2) is 18.2 Å². The smallest absolute Gasteiger partial charge is 0.163 e. The van der Waals surface area contributed by atoms with Gasteiger partial charge in [-0.2, -0.15) is 5.26 Å². The predicted molar refractivity (Wildman–Crippen MR) is 67.5 cm³/mol. The van der Waals surface area contributed by atoms with E-state index < -0.39 is 0 Å². The Labute approximate surface area is 102 Å².